The van der Waals surface area contributed by atoms with Gasteiger partial charge in [0.1, 0.15) is 0 Å². The summed E-state index contributed by atoms with van der Waals surface area (Å²) in [6, 6.07) is 0. The summed E-state index contributed by atoms with van der Waals surface area (Å²) in [5.74, 6) is 0. The highest BCUT2D eigenvalue weighted by molar-refractivity contribution is 7.37. The number of hydrogen-bond acceptors (Lipinski definition) is 3. The molecule has 40 valence electrons. The molecule has 0 rings (SSSR count). The van der Waals surface area contributed by atoms with Gasteiger partial charge in [0.05, 0.1) is 0 Å². The molecule has 1 N–H and O–H groups in total. The molecule has 0 bridgehead atoms. The summed E-state index contributed by atoms with van der Waals surface area (Å²) in [5.41, 5.74) is 0. The van der Waals surface area contributed by atoms with Gasteiger partial charge in [0.2, 0.25) is 0 Å². The van der Waals surface area contributed by atoms with E-state index in [9.17, 15) is 9.36 Å². The normalized spacial score (nSPS) is 10.1. The zero-order chi connectivity index (χ0) is 5.70. The van der Waals surface area contributed by atoms with Gasteiger partial charge < -0.3 is 4.74 Å². The number of carbonyl (C=O) groups is 1. The van der Waals surface area contributed by atoms with Crippen LogP contribution in [0.25, 0.3) is 0 Å². The van der Waals surface area contributed by atoms with Crippen molar-refractivity contribution in [2.45, 2.75) is 0 Å². The van der Waals surface area contributed by atoms with Gasteiger partial charge in [-0.2, -0.15) is 4.89 Å². The van der Waals surface area contributed by atoms with Gasteiger partial charge in [-0.05, 0) is 4.57 Å². The Morgan fingerprint density at radius 1 is 1.86 bits per heavy atom. The van der Waals surface area contributed by atoms with E-state index in [0.717, 1.165) is 0 Å². The first-order valence-corrected chi connectivity index (χ1v) is 2.86. The molecule has 4 nitrogen and oxygen atoms in total. The van der Waals surface area contributed by atoms with Crippen molar-refractivity contribution in [2.75, 3.05) is 6.35 Å². The number of ether oxygens (including phenoxy) is 1. The van der Waals surface area contributed by atoms with Crippen molar-refractivity contribution in [3.8, 4) is 0 Å². The molecule has 1 atom stereocenters. The molecule has 7 heavy (non-hydrogen) atoms. The Hall–Kier alpha value is -0.470. The van der Waals surface area contributed by atoms with E-state index in [0.29, 0.717) is 0 Å². The fourth-order valence-electron chi connectivity index (χ4n) is 0.0942. The van der Waals surface area contributed by atoms with E-state index in [1.54, 1.807) is 0 Å². The molecular weight excluding hydrogens is 119 g/mol. The summed E-state index contributed by atoms with van der Waals surface area (Å²) >= 11 is 0. The third-order valence-corrected chi connectivity index (χ3v) is 0.623. The van der Waals surface area contributed by atoms with Gasteiger partial charge in [0.15, 0.2) is 0 Å². The molecule has 0 aliphatic carbocycles. The summed E-state index contributed by atoms with van der Waals surface area (Å²) in [6.07, 6.45) is -0.404. The van der Waals surface area contributed by atoms with Crippen molar-refractivity contribution < 1.29 is 19.0 Å². The van der Waals surface area contributed by atoms with Crippen LogP contribution in [0, 0.1) is 0 Å². The van der Waals surface area contributed by atoms with Crippen molar-refractivity contribution in [3.63, 3.8) is 0 Å². The lowest BCUT2D eigenvalue weighted by Gasteiger charge is -1.75. The Labute approximate surface area is 41.0 Å². The number of hydrogen-bond donors (Lipinski definition) is 1. The smallest absolute Gasteiger partial charge is 0.418 e. The Balaban J connectivity index is 2.97. The minimum atomic E-state index is -2.31. The van der Waals surface area contributed by atoms with Crippen molar-refractivity contribution in [1.82, 2.24) is 0 Å². The second-order valence-corrected chi connectivity index (χ2v) is 1.71. The molecule has 5 heteroatoms. The lowest BCUT2D eigenvalue weighted by Crippen LogP contribution is -1.82. The van der Waals surface area contributed by atoms with E-state index in [2.05, 4.69) is 4.74 Å². The van der Waals surface area contributed by atoms with Gasteiger partial charge in [-0.1, -0.05) is 0 Å². The first kappa shape index (κ1) is 6.53. The Morgan fingerprint density at radius 3 is 2.57 bits per heavy atom. The third-order valence-electron chi connectivity index (χ3n) is 0.253. The summed E-state index contributed by atoms with van der Waals surface area (Å²) < 4.78 is 13.5. The summed E-state index contributed by atoms with van der Waals surface area (Å²) in [5, 5.41) is 0. The predicted molar refractivity (Wildman–Crippen MR) is 21.8 cm³/mol. The highest BCUT2D eigenvalue weighted by atomic mass is 31.1. The largest absolute Gasteiger partial charge is 0.547 e. The highest BCUT2D eigenvalue weighted by Crippen LogP contribution is 2.09. The monoisotopic (exact) mass is 123 g/mol. The molecule has 0 aliphatic heterocycles. The molecule has 0 heterocycles. The molecule has 0 radical (unpaired) electrons. The van der Waals surface area contributed by atoms with Crippen LogP contribution in [-0.4, -0.2) is 17.7 Å². The zero-order valence-corrected chi connectivity index (χ0v) is 4.30. The van der Waals surface area contributed by atoms with Gasteiger partial charge in [-0.3, -0.25) is 4.79 Å². The maximum Gasteiger partial charge on any atom is 0.547 e. The topological polar surface area (TPSA) is 63.6 Å². The molecule has 0 aromatic rings. The SMILES string of the molecule is O=COC[P+](=O)O. The zero-order valence-electron chi connectivity index (χ0n) is 3.40. The molecule has 0 spiro atoms. The second-order valence-electron chi connectivity index (χ2n) is 0.744. The van der Waals surface area contributed by atoms with Crippen LogP contribution in [0.5, 0.6) is 0 Å². The molecule has 1 unspecified atom stereocenters. The van der Waals surface area contributed by atoms with Crippen LogP contribution < -0.4 is 0 Å². The van der Waals surface area contributed by atoms with Crippen LogP contribution in [0.15, 0.2) is 0 Å². The lowest BCUT2D eigenvalue weighted by molar-refractivity contribution is -0.127. The van der Waals surface area contributed by atoms with E-state index in [-0.39, 0.29) is 6.47 Å². The number of rotatable bonds is 3. The Morgan fingerprint density at radius 2 is 2.43 bits per heavy atom. The van der Waals surface area contributed by atoms with Gasteiger partial charge in [0, 0.05) is 0 Å². The summed E-state index contributed by atoms with van der Waals surface area (Å²) in [4.78, 5) is 17.2. The quantitative estimate of drug-likeness (QED) is 0.418. The van der Waals surface area contributed by atoms with Gasteiger partial charge >= 0.3 is 14.4 Å². The second kappa shape index (κ2) is 3.71. The fraction of sp³-hybridized carbons (Fsp3) is 0.500. The van der Waals surface area contributed by atoms with E-state index in [1.165, 1.54) is 0 Å². The standard InChI is InChI=1S/C2H3O4P/c3-1-6-2-7(4)5/h1H,2H2/p+1. The van der Waals surface area contributed by atoms with Crippen LogP contribution in [0.2, 0.25) is 0 Å². The molecule has 0 amide bonds. The fourth-order valence-corrected chi connectivity index (χ4v) is 0.283. The molecule has 0 aliphatic rings. The molecule has 0 saturated carbocycles. The minimum absolute atomic E-state index is 0.128. The van der Waals surface area contributed by atoms with E-state index >= 15 is 0 Å². The lowest BCUT2D eigenvalue weighted by atomic mass is 11.5. The highest BCUT2D eigenvalue weighted by Gasteiger charge is 2.07. The van der Waals surface area contributed by atoms with Crippen LogP contribution in [0.3, 0.4) is 0 Å². The molecule has 0 saturated heterocycles. The number of carbonyl (C=O) groups excluding carboxylic acids is 1. The predicted octanol–water partition coefficient (Wildman–Crippen LogP) is -0.148. The van der Waals surface area contributed by atoms with Gasteiger partial charge in [-0.15, -0.1) is 0 Å². The molecule has 0 aromatic heterocycles. The van der Waals surface area contributed by atoms with Gasteiger partial charge in [-0.25, -0.2) is 0 Å². The van der Waals surface area contributed by atoms with Crippen molar-refractivity contribution >= 4 is 14.5 Å². The van der Waals surface area contributed by atoms with E-state index in [1.807, 2.05) is 0 Å². The maximum atomic E-state index is 9.62. The Kier molecular flexibility index (Phi) is 3.46. The molecule has 0 fully saturated rings. The van der Waals surface area contributed by atoms with Crippen molar-refractivity contribution in [2.24, 2.45) is 0 Å². The average molecular weight is 123 g/mol. The van der Waals surface area contributed by atoms with Crippen molar-refractivity contribution in [1.29, 1.82) is 0 Å². The first-order chi connectivity index (χ1) is 3.27. The maximum absolute atomic E-state index is 9.62. The summed E-state index contributed by atoms with van der Waals surface area (Å²) in [7, 11) is -2.31. The molecule has 0 aromatic carbocycles. The Bertz CT molecular complexity index is 79.8. The first-order valence-electron chi connectivity index (χ1n) is 1.46. The van der Waals surface area contributed by atoms with Crippen LogP contribution in [-0.2, 0) is 14.1 Å². The van der Waals surface area contributed by atoms with Gasteiger partial charge in [0.25, 0.3) is 6.47 Å². The third kappa shape index (κ3) is 5.53. The van der Waals surface area contributed by atoms with Crippen LogP contribution in [0.4, 0.5) is 0 Å². The minimum Gasteiger partial charge on any atom is -0.418 e. The van der Waals surface area contributed by atoms with Crippen molar-refractivity contribution in [3.05, 3.63) is 0 Å². The van der Waals surface area contributed by atoms with E-state index in [4.69, 9.17) is 4.89 Å². The van der Waals surface area contributed by atoms with Crippen LogP contribution >= 0.6 is 8.03 Å². The van der Waals surface area contributed by atoms with Crippen LogP contribution in [0.1, 0.15) is 0 Å². The molecular formula is C2H4O4P+. The summed E-state index contributed by atoms with van der Waals surface area (Å²) in [6.45, 7) is 0.128. The van der Waals surface area contributed by atoms with E-state index < -0.39 is 14.4 Å². The average Bonchev–Trinajstić information content (AvgIpc) is 1.61.